The van der Waals surface area contributed by atoms with Crippen LogP contribution in [0.2, 0.25) is 0 Å². The Morgan fingerprint density at radius 2 is 2.07 bits per heavy atom. The molecule has 0 spiro atoms. The predicted octanol–water partition coefficient (Wildman–Crippen LogP) is 1.66. The molecule has 1 amide bonds. The SMILES string of the molecule is CC(C)(CC[C@@H]1CC[C@H]1CO)OC(N)=O. The highest BCUT2D eigenvalue weighted by Crippen LogP contribution is 2.38. The van der Waals surface area contributed by atoms with Gasteiger partial charge in [0.05, 0.1) is 0 Å². The molecule has 0 aliphatic heterocycles. The quantitative estimate of drug-likeness (QED) is 0.732. The topological polar surface area (TPSA) is 72.6 Å². The number of ether oxygens (including phenoxy) is 1. The highest BCUT2D eigenvalue weighted by atomic mass is 16.6. The second kappa shape index (κ2) is 4.84. The summed E-state index contributed by atoms with van der Waals surface area (Å²) in [6.07, 6.45) is 3.38. The lowest BCUT2D eigenvalue weighted by atomic mass is 9.71. The zero-order chi connectivity index (χ0) is 11.5. The first kappa shape index (κ1) is 12.3. The van der Waals surface area contributed by atoms with Crippen molar-refractivity contribution >= 4 is 6.09 Å². The van der Waals surface area contributed by atoms with E-state index in [1.165, 1.54) is 6.42 Å². The van der Waals surface area contributed by atoms with E-state index in [2.05, 4.69) is 0 Å². The number of hydrogen-bond acceptors (Lipinski definition) is 3. The maximum atomic E-state index is 10.6. The van der Waals surface area contributed by atoms with Crippen molar-refractivity contribution in [3.8, 4) is 0 Å². The second-order valence-electron chi connectivity index (χ2n) is 5.00. The summed E-state index contributed by atoms with van der Waals surface area (Å²) in [4.78, 5) is 10.6. The Kier molecular flexibility index (Phi) is 3.97. The Bertz CT molecular complexity index is 226. The van der Waals surface area contributed by atoms with Crippen LogP contribution < -0.4 is 5.73 Å². The van der Waals surface area contributed by atoms with Gasteiger partial charge < -0.3 is 15.6 Å². The molecule has 1 aliphatic carbocycles. The normalized spacial score (nSPS) is 25.8. The highest BCUT2D eigenvalue weighted by molar-refractivity contribution is 5.65. The standard InChI is InChI=1S/C11H21NO3/c1-11(2,15-10(12)14)6-5-8-3-4-9(8)7-13/h8-9,13H,3-7H2,1-2H3,(H2,12,14)/t8-,9-/m0/s1. The number of amides is 1. The van der Waals surface area contributed by atoms with E-state index in [-0.39, 0.29) is 6.61 Å². The lowest BCUT2D eigenvalue weighted by Gasteiger charge is -2.37. The summed E-state index contributed by atoms with van der Waals surface area (Å²) >= 11 is 0. The van der Waals surface area contributed by atoms with Crippen molar-refractivity contribution in [1.29, 1.82) is 0 Å². The van der Waals surface area contributed by atoms with Gasteiger partial charge in [-0.2, -0.15) is 0 Å². The summed E-state index contributed by atoms with van der Waals surface area (Å²) in [5.41, 5.74) is 4.50. The molecule has 88 valence electrons. The van der Waals surface area contributed by atoms with Crippen LogP contribution >= 0.6 is 0 Å². The van der Waals surface area contributed by atoms with Crippen molar-refractivity contribution in [2.24, 2.45) is 17.6 Å². The van der Waals surface area contributed by atoms with Crippen LogP contribution in [-0.2, 0) is 4.74 Å². The van der Waals surface area contributed by atoms with Gasteiger partial charge in [-0.05, 0) is 51.4 Å². The fourth-order valence-electron chi connectivity index (χ4n) is 2.11. The number of primary amides is 1. The zero-order valence-electron chi connectivity index (χ0n) is 9.53. The fraction of sp³-hybridized carbons (Fsp3) is 0.909. The van der Waals surface area contributed by atoms with Gasteiger partial charge in [0.2, 0.25) is 0 Å². The van der Waals surface area contributed by atoms with Crippen LogP contribution in [0, 0.1) is 11.8 Å². The molecule has 0 heterocycles. The van der Waals surface area contributed by atoms with Crippen LogP contribution in [0.15, 0.2) is 0 Å². The molecular weight excluding hydrogens is 194 g/mol. The molecule has 0 saturated heterocycles. The summed E-state index contributed by atoms with van der Waals surface area (Å²) in [6.45, 7) is 4.01. The molecule has 1 fully saturated rings. The smallest absolute Gasteiger partial charge is 0.405 e. The minimum Gasteiger partial charge on any atom is -0.444 e. The van der Waals surface area contributed by atoms with Crippen LogP contribution in [0.4, 0.5) is 4.79 Å². The van der Waals surface area contributed by atoms with Gasteiger partial charge in [-0.1, -0.05) is 0 Å². The molecule has 0 aromatic carbocycles. The van der Waals surface area contributed by atoms with Crippen molar-refractivity contribution in [3.05, 3.63) is 0 Å². The van der Waals surface area contributed by atoms with E-state index in [1.807, 2.05) is 13.8 Å². The van der Waals surface area contributed by atoms with Crippen molar-refractivity contribution in [2.75, 3.05) is 6.61 Å². The molecule has 0 aromatic heterocycles. The molecule has 0 unspecified atom stereocenters. The first-order chi connectivity index (χ1) is 6.94. The van der Waals surface area contributed by atoms with Gasteiger partial charge in [0.25, 0.3) is 0 Å². The Hall–Kier alpha value is -0.770. The summed E-state index contributed by atoms with van der Waals surface area (Å²) < 4.78 is 5.00. The first-order valence-electron chi connectivity index (χ1n) is 5.54. The monoisotopic (exact) mass is 215 g/mol. The maximum absolute atomic E-state index is 10.6. The number of carbonyl (C=O) groups is 1. The van der Waals surface area contributed by atoms with E-state index in [0.29, 0.717) is 11.8 Å². The Morgan fingerprint density at radius 3 is 2.47 bits per heavy atom. The van der Waals surface area contributed by atoms with Crippen molar-refractivity contribution < 1.29 is 14.6 Å². The number of rotatable bonds is 5. The molecule has 0 radical (unpaired) electrons. The minimum atomic E-state index is -0.715. The number of aliphatic hydroxyl groups excluding tert-OH is 1. The Morgan fingerprint density at radius 1 is 1.47 bits per heavy atom. The van der Waals surface area contributed by atoms with Gasteiger partial charge >= 0.3 is 6.09 Å². The molecule has 1 aliphatic rings. The number of aliphatic hydroxyl groups is 1. The van der Waals surface area contributed by atoms with Gasteiger partial charge in [-0.15, -0.1) is 0 Å². The molecular formula is C11H21NO3. The lowest BCUT2D eigenvalue weighted by Crippen LogP contribution is -2.34. The number of hydrogen-bond donors (Lipinski definition) is 2. The Balaban J connectivity index is 2.26. The maximum Gasteiger partial charge on any atom is 0.405 e. The fourth-order valence-corrected chi connectivity index (χ4v) is 2.11. The van der Waals surface area contributed by atoms with E-state index in [1.54, 1.807) is 0 Å². The van der Waals surface area contributed by atoms with Gasteiger partial charge in [0, 0.05) is 6.61 Å². The number of carbonyl (C=O) groups excluding carboxylic acids is 1. The predicted molar refractivity (Wildman–Crippen MR) is 57.3 cm³/mol. The summed E-state index contributed by atoms with van der Waals surface area (Å²) in [5.74, 6) is 1.04. The van der Waals surface area contributed by atoms with E-state index >= 15 is 0 Å². The molecule has 4 nitrogen and oxygen atoms in total. The number of nitrogens with two attached hydrogens (primary N) is 1. The van der Waals surface area contributed by atoms with Crippen LogP contribution in [0.5, 0.6) is 0 Å². The molecule has 1 rings (SSSR count). The van der Waals surface area contributed by atoms with Crippen molar-refractivity contribution in [1.82, 2.24) is 0 Å². The van der Waals surface area contributed by atoms with E-state index < -0.39 is 11.7 Å². The molecule has 0 aromatic rings. The van der Waals surface area contributed by atoms with E-state index in [0.717, 1.165) is 19.3 Å². The third kappa shape index (κ3) is 3.70. The molecule has 2 atom stereocenters. The van der Waals surface area contributed by atoms with E-state index in [4.69, 9.17) is 15.6 Å². The largest absolute Gasteiger partial charge is 0.444 e. The summed E-state index contributed by atoms with van der Waals surface area (Å²) in [5, 5.41) is 9.03. The van der Waals surface area contributed by atoms with Crippen LogP contribution in [0.1, 0.15) is 39.5 Å². The second-order valence-corrected chi connectivity index (χ2v) is 5.00. The van der Waals surface area contributed by atoms with Crippen LogP contribution in [-0.4, -0.2) is 23.4 Å². The average molecular weight is 215 g/mol. The summed E-state index contributed by atoms with van der Waals surface area (Å²) in [7, 11) is 0. The highest BCUT2D eigenvalue weighted by Gasteiger charge is 2.32. The van der Waals surface area contributed by atoms with Crippen molar-refractivity contribution in [3.63, 3.8) is 0 Å². The summed E-state index contributed by atoms with van der Waals surface area (Å²) in [6, 6.07) is 0. The van der Waals surface area contributed by atoms with Crippen LogP contribution in [0.3, 0.4) is 0 Å². The zero-order valence-corrected chi connectivity index (χ0v) is 9.53. The average Bonchev–Trinajstić information content (AvgIpc) is 2.00. The molecule has 0 bridgehead atoms. The Labute approximate surface area is 90.8 Å². The third-order valence-corrected chi connectivity index (χ3v) is 3.30. The van der Waals surface area contributed by atoms with E-state index in [9.17, 15) is 4.79 Å². The third-order valence-electron chi connectivity index (χ3n) is 3.30. The molecule has 3 N–H and O–H groups in total. The van der Waals surface area contributed by atoms with Gasteiger partial charge in [-0.3, -0.25) is 0 Å². The lowest BCUT2D eigenvalue weighted by molar-refractivity contribution is 0.0174. The minimum absolute atomic E-state index is 0.280. The molecule has 15 heavy (non-hydrogen) atoms. The van der Waals surface area contributed by atoms with Gasteiger partial charge in [0.15, 0.2) is 0 Å². The van der Waals surface area contributed by atoms with Crippen LogP contribution in [0.25, 0.3) is 0 Å². The first-order valence-corrected chi connectivity index (χ1v) is 5.54. The molecule has 4 heteroatoms. The van der Waals surface area contributed by atoms with Gasteiger partial charge in [0.1, 0.15) is 5.60 Å². The van der Waals surface area contributed by atoms with Gasteiger partial charge in [-0.25, -0.2) is 4.79 Å². The van der Waals surface area contributed by atoms with Crippen molar-refractivity contribution in [2.45, 2.75) is 45.1 Å². The molecule has 1 saturated carbocycles.